The fraction of sp³-hybridized carbons (Fsp3) is 0.400. The highest BCUT2D eigenvalue weighted by Gasteiger charge is 2.41. The SMILES string of the molecule is COc1cc(CN(C(=O)C2=C(c3ccc(CCCOc4cc(F)ccc4Br)cc3)C[C@@H]3CNC[C@H]2N3)C2CC2)cc(OC)c1. The maximum Gasteiger partial charge on any atom is 0.252 e. The van der Waals surface area contributed by atoms with Gasteiger partial charge in [0.05, 0.1) is 31.3 Å². The number of rotatable bonds is 12. The van der Waals surface area contributed by atoms with Gasteiger partial charge in [-0.3, -0.25) is 4.79 Å². The summed E-state index contributed by atoms with van der Waals surface area (Å²) in [6.07, 6.45) is 4.48. The minimum atomic E-state index is -0.315. The van der Waals surface area contributed by atoms with E-state index < -0.39 is 0 Å². The van der Waals surface area contributed by atoms with Crippen LogP contribution < -0.4 is 24.8 Å². The number of methoxy groups -OCH3 is 2. The van der Waals surface area contributed by atoms with Gasteiger partial charge in [0.2, 0.25) is 0 Å². The Morgan fingerprint density at radius 1 is 0.977 bits per heavy atom. The van der Waals surface area contributed by atoms with Gasteiger partial charge in [0, 0.05) is 49.4 Å². The van der Waals surface area contributed by atoms with Crippen LogP contribution in [0.4, 0.5) is 4.39 Å². The van der Waals surface area contributed by atoms with Crippen LogP contribution in [-0.4, -0.2) is 62.8 Å². The Kier molecular flexibility index (Phi) is 9.54. The maximum atomic E-state index is 14.5. The van der Waals surface area contributed by atoms with Crippen molar-refractivity contribution in [2.75, 3.05) is 33.9 Å². The van der Waals surface area contributed by atoms with Crippen molar-refractivity contribution >= 4 is 27.4 Å². The summed E-state index contributed by atoms with van der Waals surface area (Å²) >= 11 is 3.41. The van der Waals surface area contributed by atoms with Crippen LogP contribution in [-0.2, 0) is 17.8 Å². The summed E-state index contributed by atoms with van der Waals surface area (Å²) in [6, 6.07) is 19.4. The van der Waals surface area contributed by atoms with Gasteiger partial charge in [0.15, 0.2) is 0 Å². The number of hydrogen-bond acceptors (Lipinski definition) is 6. The van der Waals surface area contributed by atoms with Crippen molar-refractivity contribution in [2.45, 2.75) is 56.8 Å². The van der Waals surface area contributed by atoms with Crippen LogP contribution in [0.2, 0.25) is 0 Å². The number of fused-ring (bicyclic) bond motifs is 2. The van der Waals surface area contributed by atoms with E-state index in [1.807, 2.05) is 23.1 Å². The van der Waals surface area contributed by atoms with E-state index in [9.17, 15) is 9.18 Å². The fourth-order valence-electron chi connectivity index (χ4n) is 6.22. The summed E-state index contributed by atoms with van der Waals surface area (Å²) in [5.41, 5.74) is 5.31. The van der Waals surface area contributed by atoms with Crippen LogP contribution in [0.1, 0.15) is 42.4 Å². The lowest BCUT2D eigenvalue weighted by Crippen LogP contribution is -2.59. The second kappa shape index (κ2) is 13.7. The number of carbonyl (C=O) groups excluding carboxylic acids is 1. The molecule has 9 heteroatoms. The minimum Gasteiger partial charge on any atom is -0.497 e. The average Bonchev–Trinajstić information content (AvgIpc) is 3.89. The molecule has 2 fully saturated rings. The molecule has 1 aliphatic carbocycles. The third-order valence-corrected chi connectivity index (χ3v) is 9.26. The molecule has 3 aromatic carbocycles. The largest absolute Gasteiger partial charge is 0.497 e. The number of carbonyl (C=O) groups is 1. The van der Waals surface area contributed by atoms with Crippen LogP contribution in [0.15, 0.2) is 70.7 Å². The standard InChI is InChI=1S/C35H39BrFN3O4/c1-42-28-14-23(15-29(18-28)43-2)21-40(27-10-11-27)35(41)34-30(17-26-19-38-20-32(34)39-26)24-7-5-22(6-8-24)4-3-13-44-33-16-25(37)9-12-31(33)36/h5-9,12,14-16,18,26-27,32,38-39H,3-4,10-11,13,17,19-21H2,1-2H3/t26-,32-/m1/s1. The van der Waals surface area contributed by atoms with Gasteiger partial charge in [-0.15, -0.1) is 0 Å². The van der Waals surface area contributed by atoms with Gasteiger partial charge >= 0.3 is 0 Å². The van der Waals surface area contributed by atoms with Crippen molar-refractivity contribution in [3.63, 3.8) is 0 Å². The number of nitrogens with one attached hydrogen (secondary N) is 2. The maximum absolute atomic E-state index is 14.5. The molecule has 7 nitrogen and oxygen atoms in total. The molecule has 0 radical (unpaired) electrons. The summed E-state index contributed by atoms with van der Waals surface area (Å²) in [7, 11) is 3.29. The van der Waals surface area contributed by atoms with Gasteiger partial charge in [-0.1, -0.05) is 24.3 Å². The Hall–Kier alpha value is -3.40. The predicted molar refractivity (Wildman–Crippen MR) is 173 cm³/mol. The van der Waals surface area contributed by atoms with E-state index in [0.29, 0.717) is 18.9 Å². The lowest BCUT2D eigenvalue weighted by Gasteiger charge is -2.41. The first kappa shape index (κ1) is 30.6. The lowest BCUT2D eigenvalue weighted by atomic mass is 9.83. The highest BCUT2D eigenvalue weighted by Crippen LogP contribution is 2.37. The number of hydrogen-bond donors (Lipinski definition) is 2. The number of amides is 1. The van der Waals surface area contributed by atoms with Crippen LogP contribution in [0.5, 0.6) is 17.2 Å². The molecular weight excluding hydrogens is 625 g/mol. The molecule has 1 saturated heterocycles. The second-order valence-electron chi connectivity index (χ2n) is 11.8. The molecule has 2 heterocycles. The van der Waals surface area contributed by atoms with Gasteiger partial charge in [-0.25, -0.2) is 4.39 Å². The van der Waals surface area contributed by atoms with Crippen molar-refractivity contribution in [3.8, 4) is 17.2 Å². The smallest absolute Gasteiger partial charge is 0.252 e. The highest BCUT2D eigenvalue weighted by molar-refractivity contribution is 9.10. The zero-order chi connectivity index (χ0) is 30.6. The minimum absolute atomic E-state index is 0.0370. The molecule has 2 atom stereocenters. The van der Waals surface area contributed by atoms with E-state index in [-0.39, 0.29) is 29.8 Å². The first-order valence-electron chi connectivity index (χ1n) is 15.3. The average molecular weight is 665 g/mol. The molecule has 2 aliphatic heterocycles. The molecule has 44 heavy (non-hydrogen) atoms. The topological polar surface area (TPSA) is 72.1 Å². The molecule has 3 aliphatic rings. The Balaban J connectivity index is 1.20. The van der Waals surface area contributed by atoms with Crippen molar-refractivity contribution in [2.24, 2.45) is 0 Å². The fourth-order valence-corrected chi connectivity index (χ4v) is 6.58. The van der Waals surface area contributed by atoms with Gasteiger partial charge in [0.25, 0.3) is 5.91 Å². The number of aryl methyl sites for hydroxylation is 1. The molecule has 6 rings (SSSR count). The van der Waals surface area contributed by atoms with Gasteiger partial charge in [0.1, 0.15) is 23.1 Å². The monoisotopic (exact) mass is 663 g/mol. The highest BCUT2D eigenvalue weighted by atomic mass is 79.9. The molecule has 2 bridgehead atoms. The Morgan fingerprint density at radius 2 is 1.73 bits per heavy atom. The molecule has 0 spiro atoms. The molecule has 3 aromatic rings. The summed E-state index contributed by atoms with van der Waals surface area (Å²) < 4.78 is 31.1. The normalized spacial score (nSPS) is 19.5. The molecule has 0 unspecified atom stereocenters. The van der Waals surface area contributed by atoms with Gasteiger partial charge in [-0.2, -0.15) is 0 Å². The third-order valence-electron chi connectivity index (χ3n) is 8.61. The Bertz CT molecular complexity index is 1500. The molecule has 1 amide bonds. The summed E-state index contributed by atoms with van der Waals surface area (Å²) in [5, 5.41) is 7.24. The number of piperazine rings is 1. The summed E-state index contributed by atoms with van der Waals surface area (Å²) in [4.78, 5) is 16.5. The molecular formula is C35H39BrFN3O4. The number of benzene rings is 3. The van der Waals surface area contributed by atoms with E-state index in [1.165, 1.54) is 17.7 Å². The molecule has 232 valence electrons. The Morgan fingerprint density at radius 3 is 2.43 bits per heavy atom. The lowest BCUT2D eigenvalue weighted by molar-refractivity contribution is -0.128. The van der Waals surface area contributed by atoms with Gasteiger partial charge in [-0.05, 0) is 94.6 Å². The second-order valence-corrected chi connectivity index (χ2v) is 12.6. The number of ether oxygens (including phenoxy) is 3. The quantitative estimate of drug-likeness (QED) is 0.235. The van der Waals surface area contributed by atoms with E-state index in [1.54, 1.807) is 20.3 Å². The van der Waals surface area contributed by atoms with Crippen molar-refractivity contribution in [1.29, 1.82) is 0 Å². The van der Waals surface area contributed by atoms with Crippen LogP contribution >= 0.6 is 15.9 Å². The number of nitrogens with zero attached hydrogens (tertiary/aromatic N) is 1. The zero-order valence-corrected chi connectivity index (χ0v) is 26.8. The van der Waals surface area contributed by atoms with Crippen molar-refractivity contribution in [1.82, 2.24) is 15.5 Å². The molecule has 1 saturated carbocycles. The summed E-state index contributed by atoms with van der Waals surface area (Å²) in [5.74, 6) is 1.74. The van der Waals surface area contributed by atoms with E-state index >= 15 is 0 Å². The molecule has 0 aromatic heterocycles. The molecule has 2 N–H and O–H groups in total. The zero-order valence-electron chi connectivity index (χ0n) is 25.2. The van der Waals surface area contributed by atoms with Crippen LogP contribution in [0.25, 0.3) is 5.57 Å². The van der Waals surface area contributed by atoms with Crippen molar-refractivity contribution < 1.29 is 23.4 Å². The summed E-state index contributed by atoms with van der Waals surface area (Å²) in [6.45, 7) is 2.61. The first-order chi connectivity index (χ1) is 21.4. The van der Waals surface area contributed by atoms with Crippen LogP contribution in [0.3, 0.4) is 0 Å². The van der Waals surface area contributed by atoms with Crippen molar-refractivity contribution in [3.05, 3.63) is 93.2 Å². The third kappa shape index (κ3) is 7.11. The van der Waals surface area contributed by atoms with E-state index in [0.717, 1.165) is 83.4 Å². The van der Waals surface area contributed by atoms with E-state index in [2.05, 4.69) is 50.8 Å². The van der Waals surface area contributed by atoms with Gasteiger partial charge < -0.3 is 29.7 Å². The first-order valence-corrected chi connectivity index (χ1v) is 16.1. The van der Waals surface area contributed by atoms with E-state index in [4.69, 9.17) is 14.2 Å². The Labute approximate surface area is 266 Å². The van der Waals surface area contributed by atoms with Crippen LogP contribution in [0, 0.1) is 5.82 Å². The predicted octanol–water partition coefficient (Wildman–Crippen LogP) is 5.90. The number of halogens is 2.